The Balaban J connectivity index is 3.29. The topological polar surface area (TPSA) is 50.4 Å². The third-order valence-electron chi connectivity index (χ3n) is 2.69. The van der Waals surface area contributed by atoms with E-state index in [1.807, 2.05) is 13.8 Å². The summed E-state index contributed by atoms with van der Waals surface area (Å²) in [7, 11) is 0. The monoisotopic (exact) mass is 196 g/mol. The fraction of sp³-hybridized carbons (Fsp3) is 0.545. The molecular weight excluding hydrogens is 180 g/mol. The first-order chi connectivity index (χ1) is 6.49. The number of aryl methyl sites for hydroxylation is 1. The van der Waals surface area contributed by atoms with E-state index in [0.717, 1.165) is 12.0 Å². The van der Waals surface area contributed by atoms with E-state index in [2.05, 4.69) is 0 Å². The van der Waals surface area contributed by atoms with Crippen LogP contribution in [0, 0.1) is 13.8 Å². The maximum absolute atomic E-state index is 11.0. The molecule has 0 spiro atoms. The van der Waals surface area contributed by atoms with Crippen LogP contribution >= 0.6 is 0 Å². The van der Waals surface area contributed by atoms with Gasteiger partial charge in [0.1, 0.15) is 17.1 Å². The van der Waals surface area contributed by atoms with Gasteiger partial charge in [0, 0.05) is 11.5 Å². The largest absolute Gasteiger partial charge is 0.478 e. The van der Waals surface area contributed by atoms with Gasteiger partial charge >= 0.3 is 5.97 Å². The molecule has 1 atom stereocenters. The van der Waals surface area contributed by atoms with Crippen LogP contribution in [0.2, 0.25) is 0 Å². The van der Waals surface area contributed by atoms with Crippen LogP contribution in [0.3, 0.4) is 0 Å². The standard InChI is InChI=1S/C11H16O3/c1-5-6(2)10-9(11(12)13)7(3)8(4)14-10/h6H,5H2,1-4H3,(H,12,13). The highest BCUT2D eigenvalue weighted by molar-refractivity contribution is 5.91. The van der Waals surface area contributed by atoms with Gasteiger partial charge in [0.2, 0.25) is 0 Å². The van der Waals surface area contributed by atoms with E-state index in [1.165, 1.54) is 0 Å². The molecule has 1 rings (SSSR count). The number of furan rings is 1. The van der Waals surface area contributed by atoms with Gasteiger partial charge in [-0.25, -0.2) is 4.79 Å². The summed E-state index contributed by atoms with van der Waals surface area (Å²) in [4.78, 5) is 11.0. The van der Waals surface area contributed by atoms with Crippen molar-refractivity contribution in [1.82, 2.24) is 0 Å². The van der Waals surface area contributed by atoms with Crippen molar-refractivity contribution >= 4 is 5.97 Å². The summed E-state index contributed by atoms with van der Waals surface area (Å²) in [5, 5.41) is 9.04. The molecule has 1 unspecified atom stereocenters. The fourth-order valence-corrected chi connectivity index (χ4v) is 1.45. The highest BCUT2D eigenvalue weighted by Gasteiger charge is 2.23. The molecule has 1 N–H and O–H groups in total. The minimum absolute atomic E-state index is 0.161. The Morgan fingerprint density at radius 3 is 2.50 bits per heavy atom. The molecule has 1 heterocycles. The Kier molecular flexibility index (Phi) is 2.99. The zero-order valence-electron chi connectivity index (χ0n) is 9.05. The summed E-state index contributed by atoms with van der Waals surface area (Å²) < 4.78 is 5.48. The van der Waals surface area contributed by atoms with Crippen molar-refractivity contribution in [2.75, 3.05) is 0 Å². The molecule has 3 heteroatoms. The Morgan fingerprint density at radius 1 is 1.50 bits per heavy atom. The zero-order valence-corrected chi connectivity index (χ0v) is 9.05. The molecule has 0 fully saturated rings. The predicted molar refractivity (Wildman–Crippen MR) is 53.8 cm³/mol. The van der Waals surface area contributed by atoms with Crippen molar-refractivity contribution in [3.05, 3.63) is 22.6 Å². The molecule has 0 saturated heterocycles. The maximum atomic E-state index is 11.0. The molecule has 0 bridgehead atoms. The SMILES string of the molecule is CCC(C)c1oc(C)c(C)c1C(=O)O. The van der Waals surface area contributed by atoms with Crippen LogP contribution < -0.4 is 0 Å². The van der Waals surface area contributed by atoms with Crippen LogP contribution in [0.25, 0.3) is 0 Å². The van der Waals surface area contributed by atoms with Crippen LogP contribution in [0.4, 0.5) is 0 Å². The summed E-state index contributed by atoms with van der Waals surface area (Å²) in [5.41, 5.74) is 1.09. The number of rotatable bonds is 3. The van der Waals surface area contributed by atoms with Crippen molar-refractivity contribution in [1.29, 1.82) is 0 Å². The molecule has 0 aromatic carbocycles. The smallest absolute Gasteiger partial charge is 0.339 e. The average molecular weight is 196 g/mol. The predicted octanol–water partition coefficient (Wildman–Crippen LogP) is 3.11. The van der Waals surface area contributed by atoms with E-state index in [0.29, 0.717) is 17.1 Å². The molecule has 14 heavy (non-hydrogen) atoms. The summed E-state index contributed by atoms with van der Waals surface area (Å²) in [6, 6.07) is 0. The van der Waals surface area contributed by atoms with Gasteiger partial charge in [-0.15, -0.1) is 0 Å². The third kappa shape index (κ3) is 1.67. The van der Waals surface area contributed by atoms with Crippen molar-refractivity contribution < 1.29 is 14.3 Å². The summed E-state index contributed by atoms with van der Waals surface area (Å²) in [5.74, 6) is 0.579. The molecule has 0 radical (unpaired) electrons. The van der Waals surface area contributed by atoms with E-state index in [-0.39, 0.29) is 5.92 Å². The van der Waals surface area contributed by atoms with Gasteiger partial charge in [0.15, 0.2) is 0 Å². The number of carboxylic acids is 1. The lowest BCUT2D eigenvalue weighted by atomic mass is 10.00. The van der Waals surface area contributed by atoms with E-state index in [1.54, 1.807) is 13.8 Å². The second-order valence-electron chi connectivity index (χ2n) is 3.64. The lowest BCUT2D eigenvalue weighted by molar-refractivity contribution is 0.0693. The second-order valence-corrected chi connectivity index (χ2v) is 3.64. The quantitative estimate of drug-likeness (QED) is 0.808. The third-order valence-corrected chi connectivity index (χ3v) is 2.69. The summed E-state index contributed by atoms with van der Waals surface area (Å²) >= 11 is 0. The second kappa shape index (κ2) is 3.86. The van der Waals surface area contributed by atoms with Gasteiger partial charge in [-0.05, 0) is 20.3 Å². The summed E-state index contributed by atoms with van der Waals surface area (Å²) in [6.45, 7) is 7.58. The molecule has 3 nitrogen and oxygen atoms in total. The van der Waals surface area contributed by atoms with Crippen molar-refractivity contribution in [2.24, 2.45) is 0 Å². The maximum Gasteiger partial charge on any atom is 0.339 e. The van der Waals surface area contributed by atoms with Crippen molar-refractivity contribution in [2.45, 2.75) is 40.0 Å². The highest BCUT2D eigenvalue weighted by atomic mass is 16.4. The van der Waals surface area contributed by atoms with E-state index in [4.69, 9.17) is 9.52 Å². The van der Waals surface area contributed by atoms with Gasteiger partial charge in [0.25, 0.3) is 0 Å². The van der Waals surface area contributed by atoms with Crippen LogP contribution in [0.5, 0.6) is 0 Å². The molecular formula is C11H16O3. The van der Waals surface area contributed by atoms with Crippen LogP contribution in [0.15, 0.2) is 4.42 Å². The van der Waals surface area contributed by atoms with Crippen molar-refractivity contribution in [3.63, 3.8) is 0 Å². The van der Waals surface area contributed by atoms with Gasteiger partial charge in [-0.1, -0.05) is 13.8 Å². The first kappa shape index (κ1) is 10.8. The van der Waals surface area contributed by atoms with Gasteiger partial charge in [0.05, 0.1) is 0 Å². The number of carboxylic acid groups (broad SMARTS) is 1. The van der Waals surface area contributed by atoms with Gasteiger partial charge < -0.3 is 9.52 Å². The van der Waals surface area contributed by atoms with E-state index < -0.39 is 5.97 Å². The number of hydrogen-bond donors (Lipinski definition) is 1. The summed E-state index contributed by atoms with van der Waals surface area (Å²) in [6.07, 6.45) is 0.882. The average Bonchev–Trinajstić information content (AvgIpc) is 2.42. The first-order valence-electron chi connectivity index (χ1n) is 4.82. The molecule has 78 valence electrons. The van der Waals surface area contributed by atoms with E-state index >= 15 is 0 Å². The van der Waals surface area contributed by atoms with Crippen molar-refractivity contribution in [3.8, 4) is 0 Å². The lowest BCUT2D eigenvalue weighted by Crippen LogP contribution is -2.03. The molecule has 0 aliphatic rings. The zero-order chi connectivity index (χ0) is 10.9. The Labute approximate surface area is 83.7 Å². The van der Waals surface area contributed by atoms with Crippen LogP contribution in [0.1, 0.15) is 53.6 Å². The number of hydrogen-bond acceptors (Lipinski definition) is 2. The number of carbonyl (C=O) groups is 1. The molecule has 1 aromatic rings. The molecule has 0 saturated carbocycles. The Bertz CT molecular complexity index is 350. The highest BCUT2D eigenvalue weighted by Crippen LogP contribution is 2.29. The molecule has 0 amide bonds. The van der Waals surface area contributed by atoms with Crippen LogP contribution in [-0.4, -0.2) is 11.1 Å². The number of aromatic carboxylic acids is 1. The first-order valence-corrected chi connectivity index (χ1v) is 4.82. The minimum atomic E-state index is -0.894. The van der Waals surface area contributed by atoms with E-state index in [9.17, 15) is 4.79 Å². The fourth-order valence-electron chi connectivity index (χ4n) is 1.45. The molecule has 0 aliphatic carbocycles. The van der Waals surface area contributed by atoms with Gasteiger partial charge in [-0.2, -0.15) is 0 Å². The molecule has 1 aromatic heterocycles. The molecule has 0 aliphatic heterocycles. The van der Waals surface area contributed by atoms with Gasteiger partial charge in [-0.3, -0.25) is 0 Å². The minimum Gasteiger partial charge on any atom is -0.478 e. The lowest BCUT2D eigenvalue weighted by Gasteiger charge is -2.05. The Hall–Kier alpha value is -1.25. The Morgan fingerprint density at radius 2 is 2.07 bits per heavy atom. The normalized spacial score (nSPS) is 12.9. The van der Waals surface area contributed by atoms with Crippen LogP contribution in [-0.2, 0) is 0 Å².